The number of rotatable bonds is 6. The topological polar surface area (TPSA) is 130 Å². The van der Waals surface area contributed by atoms with Gasteiger partial charge in [0.2, 0.25) is 16.0 Å². The summed E-state index contributed by atoms with van der Waals surface area (Å²) in [5, 5.41) is 9.24. The number of amides is 1. The monoisotopic (exact) mass is 431 g/mol. The highest BCUT2D eigenvalue weighted by Gasteiger charge is 2.32. The average Bonchev–Trinajstić information content (AvgIpc) is 3.49. The van der Waals surface area contributed by atoms with Crippen LogP contribution in [0, 0.1) is 6.92 Å². The molecule has 30 heavy (non-hydrogen) atoms. The first-order chi connectivity index (χ1) is 14.4. The first-order valence-corrected chi connectivity index (χ1v) is 10.8. The highest BCUT2D eigenvalue weighted by Crippen LogP contribution is 2.28. The second kappa shape index (κ2) is 7.92. The first-order valence-electron chi connectivity index (χ1n) is 9.38. The van der Waals surface area contributed by atoms with Crippen LogP contribution < -0.4 is 10.1 Å². The van der Waals surface area contributed by atoms with Crippen molar-refractivity contribution in [2.45, 2.75) is 24.7 Å². The van der Waals surface area contributed by atoms with E-state index in [-0.39, 0.29) is 22.4 Å². The summed E-state index contributed by atoms with van der Waals surface area (Å²) in [6, 6.07) is 8.48. The highest BCUT2D eigenvalue weighted by atomic mass is 32.2. The van der Waals surface area contributed by atoms with Crippen LogP contribution >= 0.6 is 0 Å². The lowest BCUT2D eigenvalue weighted by Gasteiger charge is -2.14. The van der Waals surface area contributed by atoms with Crippen molar-refractivity contribution in [1.29, 1.82) is 0 Å². The molecule has 10 nitrogen and oxygen atoms in total. The Bertz CT molecular complexity index is 1180. The molecule has 3 heterocycles. The molecule has 1 saturated heterocycles. The molecule has 0 atom stereocenters. The smallest absolute Gasteiger partial charge is 0.293 e. The summed E-state index contributed by atoms with van der Waals surface area (Å²) in [7, 11) is -2.14. The zero-order chi connectivity index (χ0) is 21.3. The van der Waals surface area contributed by atoms with Gasteiger partial charge in [0.05, 0.1) is 12.7 Å². The summed E-state index contributed by atoms with van der Waals surface area (Å²) in [5.74, 6) is 0.428. The molecule has 2 N–H and O–H groups in total. The van der Waals surface area contributed by atoms with Crippen LogP contribution in [0.15, 0.2) is 39.6 Å². The number of nitrogens with one attached hydrogen (secondary N) is 2. The third kappa shape index (κ3) is 3.68. The van der Waals surface area contributed by atoms with E-state index in [2.05, 4.69) is 20.5 Å². The van der Waals surface area contributed by atoms with Crippen LogP contribution in [-0.2, 0) is 10.0 Å². The molecule has 158 valence electrons. The molecule has 1 aliphatic heterocycles. The van der Waals surface area contributed by atoms with Gasteiger partial charge in [-0.3, -0.25) is 15.2 Å². The Morgan fingerprint density at radius 2 is 2.00 bits per heavy atom. The SMILES string of the molecule is COc1ccccc1-c1nc(NC(=O)c2cc(S(=O)(=O)N3CCCC3)c(C)o2)n[nH]1. The van der Waals surface area contributed by atoms with E-state index in [4.69, 9.17) is 9.15 Å². The van der Waals surface area contributed by atoms with E-state index in [9.17, 15) is 13.2 Å². The molecule has 0 unspecified atom stereocenters. The maximum atomic E-state index is 12.8. The van der Waals surface area contributed by atoms with Gasteiger partial charge in [-0.1, -0.05) is 12.1 Å². The molecule has 1 aromatic carbocycles. The van der Waals surface area contributed by atoms with Crippen molar-refractivity contribution < 1.29 is 22.4 Å². The number of hydrogen-bond donors (Lipinski definition) is 2. The Hall–Kier alpha value is -3.18. The summed E-state index contributed by atoms with van der Waals surface area (Å²) < 4.78 is 37.6. The van der Waals surface area contributed by atoms with Gasteiger partial charge in [0, 0.05) is 19.2 Å². The molecule has 3 aromatic rings. The minimum Gasteiger partial charge on any atom is -0.496 e. The average molecular weight is 431 g/mol. The maximum Gasteiger partial charge on any atom is 0.293 e. The fraction of sp³-hybridized carbons (Fsp3) is 0.316. The van der Waals surface area contributed by atoms with Gasteiger partial charge in [-0.05, 0) is 31.9 Å². The van der Waals surface area contributed by atoms with E-state index >= 15 is 0 Å². The number of H-pyrrole nitrogens is 1. The number of sulfonamides is 1. The summed E-state index contributed by atoms with van der Waals surface area (Å²) >= 11 is 0. The minimum absolute atomic E-state index is 0.000696. The molecule has 1 amide bonds. The highest BCUT2D eigenvalue weighted by molar-refractivity contribution is 7.89. The van der Waals surface area contributed by atoms with Crippen LogP contribution in [0.4, 0.5) is 5.95 Å². The standard InChI is InChI=1S/C19H21N5O5S/c1-12-16(30(26,27)24-9-5-6-10-24)11-15(29-12)18(25)21-19-20-17(22-23-19)13-7-3-4-8-14(13)28-2/h3-4,7-8,11H,5-6,9-10H2,1-2H3,(H2,20,21,22,23,25). The number of benzene rings is 1. The van der Waals surface area contributed by atoms with Gasteiger partial charge in [0.25, 0.3) is 5.91 Å². The third-order valence-corrected chi connectivity index (χ3v) is 6.86. The number of carbonyl (C=O) groups is 1. The minimum atomic E-state index is -3.69. The van der Waals surface area contributed by atoms with Crippen molar-refractivity contribution in [2.75, 3.05) is 25.5 Å². The molecule has 11 heteroatoms. The lowest BCUT2D eigenvalue weighted by Crippen LogP contribution is -2.28. The Balaban J connectivity index is 1.53. The number of aromatic nitrogens is 3. The van der Waals surface area contributed by atoms with Gasteiger partial charge in [0.15, 0.2) is 11.6 Å². The molecule has 1 aliphatic rings. The number of anilines is 1. The van der Waals surface area contributed by atoms with E-state index in [0.717, 1.165) is 12.8 Å². The fourth-order valence-corrected chi connectivity index (χ4v) is 5.02. The number of methoxy groups -OCH3 is 1. The van der Waals surface area contributed by atoms with Crippen LogP contribution in [0.3, 0.4) is 0 Å². The van der Waals surface area contributed by atoms with Crippen molar-refractivity contribution in [3.8, 4) is 17.1 Å². The molecule has 2 aromatic heterocycles. The van der Waals surface area contributed by atoms with Crippen LogP contribution in [0.5, 0.6) is 5.75 Å². The molecule has 0 saturated carbocycles. The summed E-state index contributed by atoms with van der Waals surface area (Å²) in [6.07, 6.45) is 1.64. The molecule has 0 bridgehead atoms. The number of aryl methyl sites for hydroxylation is 1. The van der Waals surface area contributed by atoms with Gasteiger partial charge in [-0.15, -0.1) is 5.10 Å². The van der Waals surface area contributed by atoms with E-state index in [1.54, 1.807) is 19.2 Å². The van der Waals surface area contributed by atoms with Crippen molar-refractivity contribution in [2.24, 2.45) is 0 Å². The zero-order valence-electron chi connectivity index (χ0n) is 16.5. The van der Waals surface area contributed by atoms with Crippen molar-refractivity contribution in [3.63, 3.8) is 0 Å². The fourth-order valence-electron chi connectivity index (χ4n) is 3.34. The molecular weight excluding hydrogens is 410 g/mol. The molecular formula is C19H21N5O5S. The van der Waals surface area contributed by atoms with Crippen LogP contribution in [-0.4, -0.2) is 54.0 Å². The summed E-state index contributed by atoms with van der Waals surface area (Å²) in [6.45, 7) is 2.46. The quantitative estimate of drug-likeness (QED) is 0.613. The summed E-state index contributed by atoms with van der Waals surface area (Å²) in [4.78, 5) is 16.8. The normalized spacial score (nSPS) is 14.7. The van der Waals surface area contributed by atoms with E-state index in [1.165, 1.54) is 17.3 Å². The molecule has 0 radical (unpaired) electrons. The Labute approximate surface area is 173 Å². The zero-order valence-corrected chi connectivity index (χ0v) is 17.3. The van der Waals surface area contributed by atoms with Gasteiger partial charge >= 0.3 is 0 Å². The summed E-state index contributed by atoms with van der Waals surface area (Å²) in [5.41, 5.74) is 0.681. The lowest BCUT2D eigenvalue weighted by molar-refractivity contribution is 0.0994. The Morgan fingerprint density at radius 1 is 1.27 bits per heavy atom. The van der Waals surface area contributed by atoms with Crippen LogP contribution in [0.1, 0.15) is 29.2 Å². The van der Waals surface area contributed by atoms with E-state index in [0.29, 0.717) is 30.2 Å². The molecule has 4 rings (SSSR count). The third-order valence-electron chi connectivity index (χ3n) is 4.85. The van der Waals surface area contributed by atoms with E-state index < -0.39 is 15.9 Å². The van der Waals surface area contributed by atoms with Gasteiger partial charge in [-0.2, -0.15) is 9.29 Å². The van der Waals surface area contributed by atoms with Gasteiger partial charge < -0.3 is 9.15 Å². The maximum absolute atomic E-state index is 12.8. The number of furan rings is 1. The second-order valence-corrected chi connectivity index (χ2v) is 8.71. The number of nitrogens with zero attached hydrogens (tertiary/aromatic N) is 3. The van der Waals surface area contributed by atoms with Crippen LogP contribution in [0.2, 0.25) is 0 Å². The van der Waals surface area contributed by atoms with Crippen molar-refractivity contribution >= 4 is 21.9 Å². The number of hydrogen-bond acceptors (Lipinski definition) is 7. The van der Waals surface area contributed by atoms with Crippen molar-refractivity contribution in [3.05, 3.63) is 41.9 Å². The second-order valence-electron chi connectivity index (χ2n) is 6.80. The molecule has 0 aliphatic carbocycles. The van der Waals surface area contributed by atoms with E-state index in [1.807, 2.05) is 12.1 Å². The number of carbonyl (C=O) groups excluding carboxylic acids is 1. The molecule has 0 spiro atoms. The predicted octanol–water partition coefficient (Wildman–Crippen LogP) is 2.42. The number of para-hydroxylation sites is 1. The van der Waals surface area contributed by atoms with Gasteiger partial charge in [0.1, 0.15) is 16.4 Å². The van der Waals surface area contributed by atoms with Gasteiger partial charge in [-0.25, -0.2) is 8.42 Å². The Morgan fingerprint density at radius 3 is 2.73 bits per heavy atom. The largest absolute Gasteiger partial charge is 0.496 e. The van der Waals surface area contributed by atoms with Crippen LogP contribution in [0.25, 0.3) is 11.4 Å². The predicted molar refractivity (Wildman–Crippen MR) is 108 cm³/mol. The molecule has 1 fully saturated rings. The lowest BCUT2D eigenvalue weighted by atomic mass is 10.2. The first kappa shape index (κ1) is 20.1. The number of aromatic amines is 1. The number of ether oxygens (including phenoxy) is 1. The Kier molecular flexibility index (Phi) is 5.31. The van der Waals surface area contributed by atoms with Crippen molar-refractivity contribution in [1.82, 2.24) is 19.5 Å².